The minimum Gasteiger partial charge on any atom is -0.383 e. The maximum absolute atomic E-state index is 12.3. The Bertz CT molecular complexity index is 466. The maximum atomic E-state index is 12.3. The van der Waals surface area contributed by atoms with Gasteiger partial charge in [0.15, 0.2) is 0 Å². The molecule has 4 nitrogen and oxygen atoms in total. The maximum Gasteiger partial charge on any atom is 0.242 e. The summed E-state index contributed by atoms with van der Waals surface area (Å²) < 4.78 is 4.93. The van der Waals surface area contributed by atoms with Gasteiger partial charge in [0.2, 0.25) is 5.91 Å². The van der Waals surface area contributed by atoms with Crippen LogP contribution in [-0.2, 0) is 16.1 Å². The number of amides is 1. The highest BCUT2D eigenvalue weighted by Gasteiger charge is 2.23. The quantitative estimate of drug-likeness (QED) is 0.877. The van der Waals surface area contributed by atoms with Crippen LogP contribution in [0.1, 0.15) is 19.4 Å². The SMILES string of the molecule is COCC(N)C(=O)N(Cc1ccc(Cl)c(Cl)c1)C(C)C. The van der Waals surface area contributed by atoms with Crippen LogP contribution in [0.15, 0.2) is 18.2 Å². The van der Waals surface area contributed by atoms with E-state index in [9.17, 15) is 4.79 Å². The van der Waals surface area contributed by atoms with E-state index in [-0.39, 0.29) is 18.6 Å². The number of methoxy groups -OCH3 is 1. The van der Waals surface area contributed by atoms with Crippen molar-refractivity contribution < 1.29 is 9.53 Å². The fourth-order valence-electron chi connectivity index (χ4n) is 1.81. The highest BCUT2D eigenvalue weighted by atomic mass is 35.5. The number of benzene rings is 1. The molecular weight excluding hydrogens is 299 g/mol. The van der Waals surface area contributed by atoms with E-state index in [1.807, 2.05) is 19.9 Å². The number of carbonyl (C=O) groups excluding carboxylic acids is 1. The molecule has 2 N–H and O–H groups in total. The predicted octanol–water partition coefficient (Wildman–Crippen LogP) is 2.70. The number of halogens is 2. The van der Waals surface area contributed by atoms with Crippen LogP contribution < -0.4 is 5.73 Å². The van der Waals surface area contributed by atoms with Crippen LogP contribution in [0.2, 0.25) is 10.0 Å². The number of nitrogens with zero attached hydrogens (tertiary/aromatic N) is 1. The highest BCUT2D eigenvalue weighted by Crippen LogP contribution is 2.23. The summed E-state index contributed by atoms with van der Waals surface area (Å²) in [4.78, 5) is 14.0. The van der Waals surface area contributed by atoms with Crippen LogP contribution in [0.3, 0.4) is 0 Å². The summed E-state index contributed by atoms with van der Waals surface area (Å²) in [6.07, 6.45) is 0. The van der Waals surface area contributed by atoms with E-state index in [1.54, 1.807) is 17.0 Å². The molecule has 20 heavy (non-hydrogen) atoms. The molecule has 0 saturated carbocycles. The van der Waals surface area contributed by atoms with Gasteiger partial charge in [-0.3, -0.25) is 4.79 Å². The minimum absolute atomic E-state index is 0.0276. The second-order valence-corrected chi connectivity index (χ2v) is 5.68. The van der Waals surface area contributed by atoms with Crippen molar-refractivity contribution in [2.75, 3.05) is 13.7 Å². The second kappa shape index (κ2) is 7.84. The smallest absolute Gasteiger partial charge is 0.242 e. The monoisotopic (exact) mass is 318 g/mol. The highest BCUT2D eigenvalue weighted by molar-refractivity contribution is 6.42. The van der Waals surface area contributed by atoms with E-state index in [1.165, 1.54) is 7.11 Å². The van der Waals surface area contributed by atoms with Crippen molar-refractivity contribution in [3.05, 3.63) is 33.8 Å². The number of nitrogens with two attached hydrogens (primary N) is 1. The number of ether oxygens (including phenoxy) is 1. The fraction of sp³-hybridized carbons (Fsp3) is 0.500. The Morgan fingerprint density at radius 3 is 2.50 bits per heavy atom. The number of hydrogen-bond acceptors (Lipinski definition) is 3. The molecule has 0 aliphatic carbocycles. The lowest BCUT2D eigenvalue weighted by molar-refractivity contribution is -0.136. The molecule has 1 rings (SSSR count). The molecule has 0 saturated heterocycles. The standard InChI is InChI=1S/C14H20Cl2N2O2/c1-9(2)18(14(19)13(17)8-20-3)7-10-4-5-11(15)12(16)6-10/h4-6,9,13H,7-8,17H2,1-3H3. The normalized spacial score (nSPS) is 12.6. The summed E-state index contributed by atoms with van der Waals surface area (Å²) in [5.41, 5.74) is 6.72. The largest absolute Gasteiger partial charge is 0.383 e. The molecule has 0 bridgehead atoms. The summed E-state index contributed by atoms with van der Waals surface area (Å²) in [5, 5.41) is 0.968. The number of rotatable bonds is 6. The average molecular weight is 319 g/mol. The van der Waals surface area contributed by atoms with Crippen molar-refractivity contribution in [2.24, 2.45) is 5.73 Å². The first-order valence-electron chi connectivity index (χ1n) is 6.35. The van der Waals surface area contributed by atoms with Crippen LogP contribution in [0.4, 0.5) is 0 Å². The van der Waals surface area contributed by atoms with Gasteiger partial charge in [0.05, 0.1) is 16.7 Å². The lowest BCUT2D eigenvalue weighted by Gasteiger charge is -2.29. The first-order valence-corrected chi connectivity index (χ1v) is 7.11. The summed E-state index contributed by atoms with van der Waals surface area (Å²) in [6.45, 7) is 4.51. The van der Waals surface area contributed by atoms with Crippen LogP contribution in [0.25, 0.3) is 0 Å². The van der Waals surface area contributed by atoms with Gasteiger partial charge in [-0.25, -0.2) is 0 Å². The molecule has 0 aliphatic heterocycles. The summed E-state index contributed by atoms with van der Waals surface area (Å²) in [7, 11) is 1.52. The molecular formula is C14H20Cl2N2O2. The zero-order valence-corrected chi connectivity index (χ0v) is 13.4. The molecule has 1 amide bonds. The molecule has 0 aliphatic rings. The van der Waals surface area contributed by atoms with Gasteiger partial charge in [-0.2, -0.15) is 0 Å². The van der Waals surface area contributed by atoms with Crippen molar-refractivity contribution in [3.63, 3.8) is 0 Å². The van der Waals surface area contributed by atoms with Crippen molar-refractivity contribution in [3.8, 4) is 0 Å². The number of hydrogen-bond donors (Lipinski definition) is 1. The third-order valence-corrected chi connectivity index (χ3v) is 3.65. The molecule has 0 fully saturated rings. The number of carbonyl (C=O) groups is 1. The molecule has 0 radical (unpaired) electrons. The topological polar surface area (TPSA) is 55.6 Å². The Hall–Kier alpha value is -0.810. The van der Waals surface area contributed by atoms with Crippen LogP contribution in [-0.4, -0.2) is 36.6 Å². The lowest BCUT2D eigenvalue weighted by atomic mass is 10.1. The van der Waals surface area contributed by atoms with E-state index >= 15 is 0 Å². The average Bonchev–Trinajstić information content (AvgIpc) is 2.39. The lowest BCUT2D eigenvalue weighted by Crippen LogP contribution is -2.48. The third-order valence-electron chi connectivity index (χ3n) is 2.91. The first-order chi connectivity index (χ1) is 9.36. The molecule has 1 unspecified atom stereocenters. The summed E-state index contributed by atoms with van der Waals surface area (Å²) in [6, 6.07) is 4.69. The minimum atomic E-state index is -0.662. The van der Waals surface area contributed by atoms with E-state index in [4.69, 9.17) is 33.7 Å². The molecule has 0 heterocycles. The van der Waals surface area contributed by atoms with Gasteiger partial charge in [-0.15, -0.1) is 0 Å². The Labute approximate surface area is 129 Å². The van der Waals surface area contributed by atoms with Gasteiger partial charge in [0.1, 0.15) is 6.04 Å². The van der Waals surface area contributed by atoms with Crippen LogP contribution in [0.5, 0.6) is 0 Å². The van der Waals surface area contributed by atoms with Crippen molar-refractivity contribution in [2.45, 2.75) is 32.5 Å². The second-order valence-electron chi connectivity index (χ2n) is 4.87. The van der Waals surface area contributed by atoms with Gasteiger partial charge in [-0.05, 0) is 31.5 Å². The van der Waals surface area contributed by atoms with Gasteiger partial charge in [0.25, 0.3) is 0 Å². The van der Waals surface area contributed by atoms with E-state index < -0.39 is 6.04 Å². The molecule has 1 atom stereocenters. The van der Waals surface area contributed by atoms with Crippen LogP contribution in [0, 0.1) is 0 Å². The Morgan fingerprint density at radius 2 is 2.00 bits per heavy atom. The summed E-state index contributed by atoms with van der Waals surface area (Å²) in [5.74, 6) is -0.145. The zero-order chi connectivity index (χ0) is 15.3. The van der Waals surface area contributed by atoms with Gasteiger partial charge < -0.3 is 15.4 Å². The van der Waals surface area contributed by atoms with E-state index in [2.05, 4.69) is 0 Å². The fourth-order valence-corrected chi connectivity index (χ4v) is 2.13. The predicted molar refractivity (Wildman–Crippen MR) is 82.0 cm³/mol. The van der Waals surface area contributed by atoms with Crippen molar-refractivity contribution in [1.29, 1.82) is 0 Å². The van der Waals surface area contributed by atoms with Gasteiger partial charge in [-0.1, -0.05) is 29.3 Å². The van der Waals surface area contributed by atoms with E-state index in [0.717, 1.165) is 5.56 Å². The van der Waals surface area contributed by atoms with Crippen LogP contribution >= 0.6 is 23.2 Å². The van der Waals surface area contributed by atoms with Gasteiger partial charge >= 0.3 is 0 Å². The molecule has 1 aromatic carbocycles. The Morgan fingerprint density at radius 1 is 1.35 bits per heavy atom. The Balaban J connectivity index is 2.86. The molecule has 112 valence electrons. The van der Waals surface area contributed by atoms with Gasteiger partial charge in [0, 0.05) is 19.7 Å². The Kier molecular flexibility index (Phi) is 6.76. The van der Waals surface area contributed by atoms with E-state index in [0.29, 0.717) is 16.6 Å². The first kappa shape index (κ1) is 17.2. The molecule has 1 aromatic rings. The van der Waals surface area contributed by atoms with Crippen molar-refractivity contribution in [1.82, 2.24) is 4.90 Å². The molecule has 0 aromatic heterocycles. The third kappa shape index (κ3) is 4.63. The molecule has 6 heteroatoms. The van der Waals surface area contributed by atoms with Crippen molar-refractivity contribution >= 4 is 29.1 Å². The summed E-state index contributed by atoms with van der Waals surface area (Å²) >= 11 is 11.9. The molecule has 0 spiro atoms. The zero-order valence-electron chi connectivity index (χ0n) is 11.9.